The molecule has 1 aliphatic rings. The minimum atomic E-state index is -2.90. The van der Waals surface area contributed by atoms with Gasteiger partial charge in [-0.05, 0) is 5.92 Å². The van der Waals surface area contributed by atoms with Crippen LogP contribution in [0.4, 0.5) is 0 Å². The zero-order chi connectivity index (χ0) is 12.3. The summed E-state index contributed by atoms with van der Waals surface area (Å²) in [7, 11) is -2.90. The third-order valence-corrected chi connectivity index (χ3v) is 4.92. The van der Waals surface area contributed by atoms with Crippen molar-refractivity contribution in [1.82, 2.24) is 4.90 Å². The fraction of sp³-hybridized carbons (Fsp3) is 0.900. The van der Waals surface area contributed by atoms with E-state index in [-0.39, 0.29) is 23.3 Å². The smallest absolute Gasteiger partial charge is 0.306 e. The second-order valence-corrected chi connectivity index (χ2v) is 6.86. The lowest BCUT2D eigenvalue weighted by Crippen LogP contribution is -2.52. The van der Waals surface area contributed by atoms with Crippen LogP contribution in [0.3, 0.4) is 0 Å². The van der Waals surface area contributed by atoms with Gasteiger partial charge < -0.3 is 10.0 Å². The molecule has 0 amide bonds. The lowest BCUT2D eigenvalue weighted by atomic mass is 9.87. The van der Waals surface area contributed by atoms with Crippen LogP contribution >= 0.6 is 0 Å². The summed E-state index contributed by atoms with van der Waals surface area (Å²) in [6.07, 6.45) is 0. The van der Waals surface area contributed by atoms with Crippen LogP contribution in [-0.4, -0.2) is 55.5 Å². The lowest BCUT2D eigenvalue weighted by Gasteiger charge is -2.41. The maximum absolute atomic E-state index is 11.2. The monoisotopic (exact) mass is 249 g/mol. The van der Waals surface area contributed by atoms with E-state index in [2.05, 4.69) is 0 Å². The average Bonchev–Trinajstić information content (AvgIpc) is 2.14. The molecule has 1 fully saturated rings. The van der Waals surface area contributed by atoms with E-state index in [1.807, 2.05) is 4.90 Å². The number of carboxylic acid groups (broad SMARTS) is 1. The minimum absolute atomic E-state index is 0.168. The Bertz CT molecular complexity index is 346. The summed E-state index contributed by atoms with van der Waals surface area (Å²) in [6, 6.07) is 0. The zero-order valence-electron chi connectivity index (χ0n) is 9.72. The number of aliphatic carboxylic acids is 1. The van der Waals surface area contributed by atoms with E-state index in [1.165, 1.54) is 0 Å². The second kappa shape index (κ2) is 5.14. The number of carboxylic acids is 1. The molecule has 16 heavy (non-hydrogen) atoms. The number of hydrogen-bond acceptors (Lipinski definition) is 4. The molecule has 1 N–H and O–H groups in total. The first kappa shape index (κ1) is 13.4. The van der Waals surface area contributed by atoms with Crippen molar-refractivity contribution in [3.05, 3.63) is 0 Å². The number of likely N-dealkylation sites (tertiary alicyclic amines) is 1. The molecule has 0 bridgehead atoms. The molecule has 1 atom stereocenters. The highest BCUT2D eigenvalue weighted by atomic mass is 32.2. The molecule has 6 heteroatoms. The summed E-state index contributed by atoms with van der Waals surface area (Å²) in [6.45, 7) is 5.27. The van der Waals surface area contributed by atoms with Crippen molar-refractivity contribution in [3.8, 4) is 0 Å². The van der Waals surface area contributed by atoms with Crippen molar-refractivity contribution in [1.29, 1.82) is 0 Å². The van der Waals surface area contributed by atoms with Gasteiger partial charge in [-0.15, -0.1) is 0 Å². The van der Waals surface area contributed by atoms with Crippen molar-refractivity contribution < 1.29 is 18.3 Å². The fourth-order valence-corrected chi connectivity index (χ4v) is 2.55. The maximum Gasteiger partial charge on any atom is 0.306 e. The molecule has 5 nitrogen and oxygen atoms in total. The van der Waals surface area contributed by atoms with E-state index in [4.69, 9.17) is 5.11 Å². The molecule has 1 saturated heterocycles. The van der Waals surface area contributed by atoms with Gasteiger partial charge in [0.05, 0.1) is 11.7 Å². The summed E-state index contributed by atoms with van der Waals surface area (Å²) in [5, 5.41) is 8.79. The van der Waals surface area contributed by atoms with Gasteiger partial charge in [-0.3, -0.25) is 4.79 Å². The Morgan fingerprint density at radius 1 is 1.50 bits per heavy atom. The van der Waals surface area contributed by atoms with Crippen LogP contribution in [0.2, 0.25) is 0 Å². The van der Waals surface area contributed by atoms with Crippen molar-refractivity contribution in [2.75, 3.05) is 31.1 Å². The molecule has 0 aromatic heterocycles. The van der Waals surface area contributed by atoms with E-state index in [0.717, 1.165) is 0 Å². The number of sulfone groups is 1. The third-order valence-electron chi connectivity index (χ3n) is 3.24. The molecule has 1 heterocycles. The van der Waals surface area contributed by atoms with Crippen molar-refractivity contribution >= 4 is 15.8 Å². The molecule has 1 unspecified atom stereocenters. The molecule has 0 radical (unpaired) electrons. The average molecular weight is 249 g/mol. The summed E-state index contributed by atoms with van der Waals surface area (Å²) in [4.78, 5) is 12.7. The van der Waals surface area contributed by atoms with Gasteiger partial charge in [0.1, 0.15) is 0 Å². The van der Waals surface area contributed by atoms with E-state index >= 15 is 0 Å². The molecular weight excluding hydrogens is 230 g/mol. The standard InChI is InChI=1S/C10H19NO4S/c1-3-16(14,15)5-4-11-6-9(7-11)8(2)10(12)13/h8-9H,3-7H2,1-2H3,(H,12,13). The van der Waals surface area contributed by atoms with Gasteiger partial charge in [-0.2, -0.15) is 0 Å². The molecular formula is C10H19NO4S. The van der Waals surface area contributed by atoms with Crippen LogP contribution in [-0.2, 0) is 14.6 Å². The number of hydrogen-bond donors (Lipinski definition) is 1. The lowest BCUT2D eigenvalue weighted by molar-refractivity contribution is -0.145. The first-order chi connectivity index (χ1) is 7.35. The summed E-state index contributed by atoms with van der Waals surface area (Å²) < 4.78 is 22.5. The summed E-state index contributed by atoms with van der Waals surface area (Å²) >= 11 is 0. The topological polar surface area (TPSA) is 74.7 Å². The quantitative estimate of drug-likeness (QED) is 0.721. The van der Waals surface area contributed by atoms with Crippen LogP contribution in [0.1, 0.15) is 13.8 Å². The highest BCUT2D eigenvalue weighted by molar-refractivity contribution is 7.91. The maximum atomic E-state index is 11.2. The van der Waals surface area contributed by atoms with Crippen LogP contribution < -0.4 is 0 Å². The SMILES string of the molecule is CCS(=O)(=O)CCN1CC(C(C)C(=O)O)C1. The zero-order valence-corrected chi connectivity index (χ0v) is 10.5. The third kappa shape index (κ3) is 3.45. The van der Waals surface area contributed by atoms with Crippen molar-refractivity contribution in [2.24, 2.45) is 11.8 Å². The van der Waals surface area contributed by atoms with Crippen LogP contribution in [0.25, 0.3) is 0 Å². The predicted molar refractivity (Wildman–Crippen MR) is 61.1 cm³/mol. The van der Waals surface area contributed by atoms with Gasteiger partial charge in [0.2, 0.25) is 0 Å². The number of rotatable bonds is 6. The number of carbonyl (C=O) groups is 1. The fourth-order valence-electron chi connectivity index (χ4n) is 1.72. The van der Waals surface area contributed by atoms with E-state index < -0.39 is 15.8 Å². The first-order valence-electron chi connectivity index (χ1n) is 5.51. The Morgan fingerprint density at radius 2 is 2.06 bits per heavy atom. The Kier molecular flexibility index (Phi) is 4.32. The molecule has 0 saturated carbocycles. The Labute approximate surface area is 96.4 Å². The molecule has 0 aromatic carbocycles. The predicted octanol–water partition coefficient (Wildman–Crippen LogP) is 0.0736. The van der Waals surface area contributed by atoms with Crippen LogP contribution in [0, 0.1) is 11.8 Å². The highest BCUT2D eigenvalue weighted by Crippen LogP contribution is 2.23. The van der Waals surface area contributed by atoms with E-state index in [1.54, 1.807) is 13.8 Å². The van der Waals surface area contributed by atoms with E-state index in [0.29, 0.717) is 19.6 Å². The van der Waals surface area contributed by atoms with Gasteiger partial charge in [0.25, 0.3) is 0 Å². The molecule has 1 rings (SSSR count). The normalized spacial score (nSPS) is 20.4. The van der Waals surface area contributed by atoms with Gasteiger partial charge >= 0.3 is 5.97 Å². The summed E-state index contributed by atoms with van der Waals surface area (Å²) in [5.41, 5.74) is 0. The second-order valence-electron chi connectivity index (χ2n) is 4.38. The van der Waals surface area contributed by atoms with Gasteiger partial charge in [-0.1, -0.05) is 13.8 Å². The molecule has 94 valence electrons. The van der Waals surface area contributed by atoms with Gasteiger partial charge in [0.15, 0.2) is 9.84 Å². The molecule has 1 aliphatic heterocycles. The highest BCUT2D eigenvalue weighted by Gasteiger charge is 2.34. The van der Waals surface area contributed by atoms with Crippen molar-refractivity contribution in [2.45, 2.75) is 13.8 Å². The van der Waals surface area contributed by atoms with Crippen LogP contribution in [0.5, 0.6) is 0 Å². The molecule has 0 aromatic rings. The Balaban J connectivity index is 2.25. The Morgan fingerprint density at radius 3 is 2.50 bits per heavy atom. The first-order valence-corrected chi connectivity index (χ1v) is 7.33. The number of nitrogens with zero attached hydrogens (tertiary/aromatic N) is 1. The minimum Gasteiger partial charge on any atom is -0.481 e. The molecule has 0 spiro atoms. The van der Waals surface area contributed by atoms with Crippen LogP contribution in [0.15, 0.2) is 0 Å². The van der Waals surface area contributed by atoms with Gasteiger partial charge in [0, 0.05) is 25.4 Å². The Hall–Kier alpha value is -0.620. The van der Waals surface area contributed by atoms with Crippen molar-refractivity contribution in [3.63, 3.8) is 0 Å². The summed E-state index contributed by atoms with van der Waals surface area (Å²) in [5.74, 6) is -0.584. The van der Waals surface area contributed by atoms with E-state index in [9.17, 15) is 13.2 Å². The molecule has 0 aliphatic carbocycles. The van der Waals surface area contributed by atoms with Gasteiger partial charge in [-0.25, -0.2) is 8.42 Å². The largest absolute Gasteiger partial charge is 0.481 e.